The summed E-state index contributed by atoms with van der Waals surface area (Å²) in [5.74, 6) is 0.643. The molecule has 3 aromatic carbocycles. The van der Waals surface area contributed by atoms with Crippen LogP contribution < -0.4 is 4.74 Å². The summed E-state index contributed by atoms with van der Waals surface area (Å²) in [4.78, 5) is 20.0. The van der Waals surface area contributed by atoms with Crippen molar-refractivity contribution in [3.63, 3.8) is 0 Å². The number of ether oxygens (including phenoxy) is 1. The van der Waals surface area contributed by atoms with Gasteiger partial charge in [-0.25, -0.2) is 13.4 Å². The lowest BCUT2D eigenvalue weighted by atomic mass is 10.0. The third kappa shape index (κ3) is 4.41. The van der Waals surface area contributed by atoms with Crippen LogP contribution >= 0.6 is 0 Å². The Morgan fingerprint density at radius 3 is 2.60 bits per heavy atom. The zero-order valence-electron chi connectivity index (χ0n) is 20.0. The van der Waals surface area contributed by atoms with E-state index in [1.807, 2.05) is 30.7 Å². The van der Waals surface area contributed by atoms with Crippen LogP contribution in [0.4, 0.5) is 0 Å². The Bertz CT molecular complexity index is 1560. The second-order valence-corrected chi connectivity index (χ2v) is 10.9. The molecule has 1 aliphatic rings. The van der Waals surface area contributed by atoms with Crippen molar-refractivity contribution in [3.05, 3.63) is 77.6 Å². The van der Waals surface area contributed by atoms with Gasteiger partial charge in [-0.3, -0.25) is 4.79 Å². The maximum absolute atomic E-state index is 13.5. The molecule has 180 valence electrons. The third-order valence-electron chi connectivity index (χ3n) is 6.50. The average molecular weight is 490 g/mol. The van der Waals surface area contributed by atoms with Crippen molar-refractivity contribution in [2.45, 2.75) is 24.8 Å². The quantitative estimate of drug-likeness (QED) is 0.428. The van der Waals surface area contributed by atoms with Gasteiger partial charge in [-0.2, -0.15) is 0 Å². The first kappa shape index (κ1) is 23.1. The summed E-state index contributed by atoms with van der Waals surface area (Å²) in [5, 5.41) is 0. The summed E-state index contributed by atoms with van der Waals surface area (Å²) < 4.78 is 31.9. The van der Waals surface area contributed by atoms with Gasteiger partial charge in [0.2, 0.25) is 0 Å². The minimum atomic E-state index is -3.34. The van der Waals surface area contributed by atoms with Gasteiger partial charge in [0, 0.05) is 31.0 Å². The van der Waals surface area contributed by atoms with Crippen molar-refractivity contribution in [1.29, 1.82) is 0 Å². The van der Waals surface area contributed by atoms with Crippen LogP contribution in [0.1, 0.15) is 28.4 Å². The zero-order valence-corrected chi connectivity index (χ0v) is 20.8. The Hall–Kier alpha value is -3.65. The van der Waals surface area contributed by atoms with Crippen LogP contribution in [0.3, 0.4) is 0 Å². The maximum atomic E-state index is 13.5. The van der Waals surface area contributed by atoms with Crippen molar-refractivity contribution >= 4 is 26.8 Å². The molecule has 0 atom stereocenters. The van der Waals surface area contributed by atoms with Crippen LogP contribution in [0.5, 0.6) is 5.75 Å². The fraction of sp³-hybridized carbons (Fsp3) is 0.259. The summed E-state index contributed by atoms with van der Waals surface area (Å²) in [5.41, 5.74) is 6.25. The van der Waals surface area contributed by atoms with E-state index in [2.05, 4.69) is 29.2 Å². The second-order valence-electron chi connectivity index (χ2n) is 8.90. The minimum absolute atomic E-state index is 0.126. The molecule has 7 nitrogen and oxygen atoms in total. The molecule has 35 heavy (non-hydrogen) atoms. The molecule has 0 saturated heterocycles. The van der Waals surface area contributed by atoms with Gasteiger partial charge in [0.1, 0.15) is 12.4 Å². The molecule has 0 unspecified atom stereocenters. The summed E-state index contributed by atoms with van der Waals surface area (Å²) in [7, 11) is -1.37. The van der Waals surface area contributed by atoms with Gasteiger partial charge in [-0.05, 0) is 65.6 Å². The normalized spacial score (nSPS) is 13.9. The van der Waals surface area contributed by atoms with Gasteiger partial charge in [0.15, 0.2) is 9.84 Å². The number of carbonyl (C=O) groups excluding carboxylic acids is 1. The van der Waals surface area contributed by atoms with Gasteiger partial charge >= 0.3 is 0 Å². The van der Waals surface area contributed by atoms with Crippen molar-refractivity contribution < 1.29 is 17.9 Å². The summed E-state index contributed by atoms with van der Waals surface area (Å²) >= 11 is 0. The largest absolute Gasteiger partial charge is 0.491 e. The van der Waals surface area contributed by atoms with Crippen LogP contribution in [0.15, 0.2) is 65.8 Å². The van der Waals surface area contributed by atoms with Gasteiger partial charge < -0.3 is 14.2 Å². The Labute approximate surface area is 204 Å². The molecule has 1 aromatic heterocycles. The monoisotopic (exact) mass is 489 g/mol. The second kappa shape index (κ2) is 8.85. The van der Waals surface area contributed by atoms with Crippen LogP contribution in [0, 0.1) is 0 Å². The molecule has 8 heteroatoms. The lowest BCUT2D eigenvalue weighted by molar-refractivity contribution is 0.0732. The first-order chi connectivity index (χ1) is 16.7. The molecule has 0 aliphatic carbocycles. The number of amides is 1. The first-order valence-electron chi connectivity index (χ1n) is 11.5. The molecular formula is C27H27N3O4S. The number of carbonyl (C=O) groups is 1. The molecule has 1 amide bonds. The molecule has 0 radical (unpaired) electrons. The van der Waals surface area contributed by atoms with Crippen LogP contribution in [0.2, 0.25) is 0 Å². The van der Waals surface area contributed by atoms with E-state index >= 15 is 0 Å². The Balaban J connectivity index is 1.46. The van der Waals surface area contributed by atoms with Gasteiger partial charge in [0.25, 0.3) is 5.91 Å². The highest BCUT2D eigenvalue weighted by molar-refractivity contribution is 7.90. The van der Waals surface area contributed by atoms with Crippen LogP contribution in [-0.4, -0.2) is 48.2 Å². The summed E-state index contributed by atoms with van der Waals surface area (Å²) in [6, 6.07) is 17.0. The van der Waals surface area contributed by atoms with E-state index in [1.165, 1.54) is 12.3 Å². The zero-order chi connectivity index (χ0) is 24.7. The Morgan fingerprint density at radius 1 is 1.06 bits per heavy atom. The molecule has 5 rings (SSSR count). The molecule has 0 N–H and O–H groups in total. The van der Waals surface area contributed by atoms with E-state index in [0.29, 0.717) is 31.7 Å². The highest BCUT2D eigenvalue weighted by Gasteiger charge is 2.24. The van der Waals surface area contributed by atoms with E-state index < -0.39 is 9.84 Å². The number of benzene rings is 3. The Kier molecular flexibility index (Phi) is 5.84. The maximum Gasteiger partial charge on any atom is 0.254 e. The lowest BCUT2D eigenvalue weighted by Gasteiger charge is -2.22. The standard InChI is InChI=1S/C27H27N3O4S/c1-4-18-14-22(35(3,32)33)7-8-23(18)27(31)30-11-12-34-26-10-6-19(13-21(26)16-30)20-5-9-25-24(15-20)28-17-29(25)2/h5-10,13-15,17H,4,11-12,16H2,1-3H3. The fourth-order valence-electron chi connectivity index (χ4n) is 4.54. The third-order valence-corrected chi connectivity index (χ3v) is 7.61. The predicted molar refractivity (Wildman–Crippen MR) is 135 cm³/mol. The number of aryl methyl sites for hydroxylation is 2. The fourth-order valence-corrected chi connectivity index (χ4v) is 5.21. The first-order valence-corrected chi connectivity index (χ1v) is 13.4. The van der Waals surface area contributed by atoms with Crippen molar-refractivity contribution in [2.75, 3.05) is 19.4 Å². The molecule has 4 aromatic rings. The van der Waals surface area contributed by atoms with E-state index in [-0.39, 0.29) is 10.8 Å². The van der Waals surface area contributed by atoms with E-state index in [1.54, 1.807) is 23.4 Å². The average Bonchev–Trinajstić information content (AvgIpc) is 3.08. The molecular weight excluding hydrogens is 462 g/mol. The topological polar surface area (TPSA) is 81.5 Å². The van der Waals surface area contributed by atoms with Gasteiger partial charge in [-0.15, -0.1) is 0 Å². The molecule has 1 aliphatic heterocycles. The number of imidazole rings is 1. The van der Waals surface area contributed by atoms with Crippen molar-refractivity contribution in [3.8, 4) is 16.9 Å². The minimum Gasteiger partial charge on any atom is -0.491 e. The van der Waals surface area contributed by atoms with Crippen molar-refractivity contribution in [1.82, 2.24) is 14.5 Å². The molecule has 0 spiro atoms. The van der Waals surface area contributed by atoms with Gasteiger partial charge in [0.05, 0.1) is 28.8 Å². The molecule has 0 fully saturated rings. The number of rotatable bonds is 4. The highest BCUT2D eigenvalue weighted by Crippen LogP contribution is 2.31. The summed E-state index contributed by atoms with van der Waals surface area (Å²) in [6.45, 7) is 3.16. The van der Waals surface area contributed by atoms with E-state index in [0.717, 1.165) is 39.0 Å². The van der Waals surface area contributed by atoms with Gasteiger partial charge in [-0.1, -0.05) is 19.1 Å². The molecule has 0 saturated carbocycles. The lowest BCUT2D eigenvalue weighted by Crippen LogP contribution is -2.33. The number of nitrogens with zero attached hydrogens (tertiary/aromatic N) is 3. The number of sulfone groups is 1. The smallest absolute Gasteiger partial charge is 0.254 e. The number of aromatic nitrogens is 2. The van der Waals surface area contributed by atoms with E-state index in [4.69, 9.17) is 4.74 Å². The number of hydrogen-bond donors (Lipinski definition) is 0. The SMILES string of the molecule is CCc1cc(S(C)(=O)=O)ccc1C(=O)N1CCOc2ccc(-c3ccc4c(c3)ncn4C)cc2C1. The van der Waals surface area contributed by atoms with Crippen LogP contribution in [0.25, 0.3) is 22.2 Å². The van der Waals surface area contributed by atoms with E-state index in [9.17, 15) is 13.2 Å². The summed E-state index contributed by atoms with van der Waals surface area (Å²) in [6.07, 6.45) is 3.54. The highest BCUT2D eigenvalue weighted by atomic mass is 32.2. The molecule has 0 bridgehead atoms. The Morgan fingerprint density at radius 2 is 1.83 bits per heavy atom. The number of hydrogen-bond acceptors (Lipinski definition) is 5. The van der Waals surface area contributed by atoms with Crippen molar-refractivity contribution in [2.24, 2.45) is 7.05 Å². The number of fused-ring (bicyclic) bond motifs is 2. The predicted octanol–water partition coefficient (Wildman–Crippen LogP) is 4.24. The van der Waals surface area contributed by atoms with Crippen LogP contribution in [-0.2, 0) is 29.9 Å². The molecule has 2 heterocycles.